The van der Waals surface area contributed by atoms with Gasteiger partial charge in [0.05, 0.1) is 18.1 Å². The number of nitrogens with one attached hydrogen (secondary N) is 1. The summed E-state index contributed by atoms with van der Waals surface area (Å²) in [5, 5.41) is 2.95. The monoisotopic (exact) mass is 433 g/mol. The van der Waals surface area contributed by atoms with Crippen LogP contribution in [-0.4, -0.2) is 34.7 Å². The van der Waals surface area contributed by atoms with E-state index in [1.165, 1.54) is 24.8 Å². The molecule has 3 aromatic rings. The third-order valence-electron chi connectivity index (χ3n) is 6.66. The van der Waals surface area contributed by atoms with Gasteiger partial charge < -0.3 is 19.0 Å². The van der Waals surface area contributed by atoms with Gasteiger partial charge in [-0.25, -0.2) is 4.98 Å². The molecule has 0 bridgehead atoms. The van der Waals surface area contributed by atoms with Crippen LogP contribution in [0.1, 0.15) is 67.1 Å². The Morgan fingerprint density at radius 1 is 1.06 bits per heavy atom. The fourth-order valence-corrected chi connectivity index (χ4v) is 4.85. The first-order valence-electron chi connectivity index (χ1n) is 11.8. The van der Waals surface area contributed by atoms with E-state index < -0.39 is 0 Å². The molecule has 32 heavy (non-hydrogen) atoms. The fraction of sp³-hybridized carbons (Fsp3) is 0.462. The Morgan fingerprint density at radius 2 is 1.88 bits per heavy atom. The van der Waals surface area contributed by atoms with E-state index in [0.29, 0.717) is 24.1 Å². The number of amides is 1. The first kappa shape index (κ1) is 21.0. The molecule has 1 aromatic carbocycles. The largest absolute Gasteiger partial charge is 0.449 e. The Labute approximate surface area is 189 Å². The average molecular weight is 434 g/mol. The Kier molecular flexibility index (Phi) is 6.12. The first-order valence-corrected chi connectivity index (χ1v) is 11.8. The summed E-state index contributed by atoms with van der Waals surface area (Å²) in [7, 11) is 0. The molecule has 0 unspecified atom stereocenters. The number of hydrogen-bond acceptors (Lipinski definition) is 4. The van der Waals surface area contributed by atoms with Crippen LogP contribution in [0.4, 0.5) is 0 Å². The number of nitrogens with zero attached hydrogens (tertiary/aromatic N) is 2. The van der Waals surface area contributed by atoms with Crippen LogP contribution in [0.3, 0.4) is 0 Å². The highest BCUT2D eigenvalue weighted by atomic mass is 16.5. The number of aromatic nitrogens is 2. The lowest BCUT2D eigenvalue weighted by Gasteiger charge is -2.24. The molecule has 1 saturated carbocycles. The van der Waals surface area contributed by atoms with Gasteiger partial charge in [0.1, 0.15) is 5.69 Å². The van der Waals surface area contributed by atoms with Gasteiger partial charge in [-0.05, 0) is 44.7 Å². The van der Waals surface area contributed by atoms with Crippen LogP contribution in [0.15, 0.2) is 47.1 Å². The van der Waals surface area contributed by atoms with Crippen LogP contribution in [0.25, 0.3) is 22.7 Å². The van der Waals surface area contributed by atoms with Crippen LogP contribution >= 0.6 is 0 Å². The number of imidazole rings is 1. The molecule has 1 amide bonds. The number of rotatable bonds is 6. The van der Waals surface area contributed by atoms with E-state index in [9.17, 15) is 4.79 Å². The van der Waals surface area contributed by atoms with Crippen molar-refractivity contribution in [2.75, 3.05) is 13.2 Å². The lowest BCUT2D eigenvalue weighted by atomic mass is 9.95. The Morgan fingerprint density at radius 3 is 2.62 bits per heavy atom. The molecule has 0 spiro atoms. The van der Waals surface area contributed by atoms with Crippen molar-refractivity contribution in [1.29, 1.82) is 0 Å². The van der Waals surface area contributed by atoms with E-state index in [-0.39, 0.29) is 12.0 Å². The second-order valence-electron chi connectivity index (χ2n) is 9.02. The lowest BCUT2D eigenvalue weighted by Crippen LogP contribution is -2.31. The van der Waals surface area contributed by atoms with Crippen LogP contribution in [0.5, 0.6) is 0 Å². The first-order chi connectivity index (χ1) is 15.7. The van der Waals surface area contributed by atoms with Crippen molar-refractivity contribution >= 4 is 5.91 Å². The Balaban J connectivity index is 1.45. The van der Waals surface area contributed by atoms with E-state index in [0.717, 1.165) is 49.2 Å². The molecule has 2 aromatic heterocycles. The van der Waals surface area contributed by atoms with E-state index in [1.807, 2.05) is 12.4 Å². The zero-order valence-corrected chi connectivity index (χ0v) is 18.7. The smallest absolute Gasteiger partial charge is 0.287 e. The van der Waals surface area contributed by atoms with Gasteiger partial charge in [-0.3, -0.25) is 4.79 Å². The van der Waals surface area contributed by atoms with Gasteiger partial charge in [-0.15, -0.1) is 0 Å². The van der Waals surface area contributed by atoms with Gasteiger partial charge in [0.25, 0.3) is 5.91 Å². The third-order valence-corrected chi connectivity index (χ3v) is 6.66. The maximum absolute atomic E-state index is 12.7. The topological polar surface area (TPSA) is 69.3 Å². The fourth-order valence-electron chi connectivity index (χ4n) is 4.85. The van der Waals surface area contributed by atoms with Crippen molar-refractivity contribution < 1.29 is 13.9 Å². The van der Waals surface area contributed by atoms with E-state index >= 15 is 0 Å². The quantitative estimate of drug-likeness (QED) is 0.555. The van der Waals surface area contributed by atoms with Crippen molar-refractivity contribution in [3.05, 3.63) is 54.0 Å². The maximum Gasteiger partial charge on any atom is 0.287 e. The van der Waals surface area contributed by atoms with Gasteiger partial charge in [0.15, 0.2) is 11.5 Å². The van der Waals surface area contributed by atoms with Gasteiger partial charge >= 0.3 is 0 Å². The zero-order valence-electron chi connectivity index (χ0n) is 18.7. The van der Waals surface area contributed by atoms with Gasteiger partial charge in [0.2, 0.25) is 0 Å². The van der Waals surface area contributed by atoms with Gasteiger partial charge in [-0.1, -0.05) is 49.1 Å². The summed E-state index contributed by atoms with van der Waals surface area (Å²) in [5.74, 6) is 0.808. The molecule has 168 valence electrons. The summed E-state index contributed by atoms with van der Waals surface area (Å²) < 4.78 is 14.0. The number of ether oxygens (including phenoxy) is 1. The molecule has 1 N–H and O–H groups in total. The van der Waals surface area contributed by atoms with Crippen molar-refractivity contribution in [3.8, 4) is 22.7 Å². The van der Waals surface area contributed by atoms with E-state index in [1.54, 1.807) is 6.07 Å². The number of benzene rings is 1. The minimum atomic E-state index is -0.202. The van der Waals surface area contributed by atoms with Crippen LogP contribution < -0.4 is 5.32 Å². The highest BCUT2D eigenvalue weighted by Gasteiger charge is 2.25. The number of aryl methyl sites for hydroxylation is 1. The highest BCUT2D eigenvalue weighted by molar-refractivity contribution is 5.92. The molecule has 1 aliphatic carbocycles. The molecule has 6 heteroatoms. The number of furan rings is 1. The minimum Gasteiger partial charge on any atom is -0.449 e. The summed E-state index contributed by atoms with van der Waals surface area (Å²) in [6.45, 7) is 3.38. The number of carbonyl (C=O) groups excluding carboxylic acids is 1. The second-order valence-corrected chi connectivity index (χ2v) is 9.02. The van der Waals surface area contributed by atoms with Crippen molar-refractivity contribution in [2.45, 2.75) is 64.0 Å². The molecule has 0 radical (unpaired) electrons. The van der Waals surface area contributed by atoms with Crippen LogP contribution in [0, 0.1) is 6.92 Å². The van der Waals surface area contributed by atoms with Crippen LogP contribution in [-0.2, 0) is 4.74 Å². The van der Waals surface area contributed by atoms with Gasteiger partial charge in [0, 0.05) is 24.8 Å². The molecule has 1 aliphatic heterocycles. The average Bonchev–Trinajstić information content (AvgIpc) is 3.59. The normalized spacial score (nSPS) is 19.3. The summed E-state index contributed by atoms with van der Waals surface area (Å²) in [6, 6.07) is 12.5. The van der Waals surface area contributed by atoms with Crippen LogP contribution in [0.2, 0.25) is 0 Å². The predicted octanol–water partition coefficient (Wildman–Crippen LogP) is 5.53. The maximum atomic E-state index is 12.7. The molecular formula is C26H31N3O3. The summed E-state index contributed by atoms with van der Waals surface area (Å²) in [6.07, 6.45) is 10.1. The molecule has 1 atom stereocenters. The molecular weight excluding hydrogens is 402 g/mol. The zero-order chi connectivity index (χ0) is 21.9. The number of hydrogen-bond donors (Lipinski definition) is 1. The lowest BCUT2D eigenvalue weighted by molar-refractivity contribution is 0.0836. The molecule has 2 aliphatic rings. The number of carbonyl (C=O) groups is 1. The van der Waals surface area contributed by atoms with Gasteiger partial charge in [-0.2, -0.15) is 0 Å². The standard InChI is InChI=1S/C26H31N3O3/c1-18-9-11-19(12-10-18)24-25(29(17-28-24)20-6-3-2-4-7-20)22-13-14-23(32-22)26(30)27-16-21-8-5-15-31-21/h9-14,17,20-21H,2-8,15-16H2,1H3,(H,27,30)/t21-/m0/s1. The summed E-state index contributed by atoms with van der Waals surface area (Å²) in [5.41, 5.74) is 4.13. The predicted molar refractivity (Wildman–Crippen MR) is 124 cm³/mol. The molecule has 6 nitrogen and oxygen atoms in total. The third kappa shape index (κ3) is 4.37. The van der Waals surface area contributed by atoms with Crippen molar-refractivity contribution in [1.82, 2.24) is 14.9 Å². The van der Waals surface area contributed by atoms with Crippen molar-refractivity contribution in [3.63, 3.8) is 0 Å². The second kappa shape index (κ2) is 9.33. The SMILES string of the molecule is Cc1ccc(-c2ncn(C3CCCCC3)c2-c2ccc(C(=O)NC[C@@H]3CCCO3)o2)cc1. The summed E-state index contributed by atoms with van der Waals surface area (Å²) in [4.78, 5) is 17.5. The highest BCUT2D eigenvalue weighted by Crippen LogP contribution is 2.38. The molecule has 3 heterocycles. The van der Waals surface area contributed by atoms with E-state index in [4.69, 9.17) is 14.1 Å². The molecule has 5 rings (SSSR count). The van der Waals surface area contributed by atoms with E-state index in [2.05, 4.69) is 41.1 Å². The summed E-state index contributed by atoms with van der Waals surface area (Å²) >= 11 is 0. The minimum absolute atomic E-state index is 0.106. The Hall–Kier alpha value is -2.86. The Bertz CT molecular complexity index is 1050. The molecule has 2 fully saturated rings. The molecule has 1 saturated heterocycles. The van der Waals surface area contributed by atoms with Crippen molar-refractivity contribution in [2.24, 2.45) is 0 Å².